The van der Waals surface area contributed by atoms with Crippen LogP contribution in [0.4, 0.5) is 4.79 Å². The van der Waals surface area contributed by atoms with Gasteiger partial charge in [0.25, 0.3) is 0 Å². The third-order valence-electron chi connectivity index (χ3n) is 3.84. The number of piperidine rings is 1. The van der Waals surface area contributed by atoms with E-state index in [2.05, 4.69) is 6.58 Å². The molecule has 4 heteroatoms. The molecular weight excluding hydrogens is 290 g/mol. The highest BCUT2D eigenvalue weighted by Crippen LogP contribution is 2.26. The minimum atomic E-state index is -0.568. The molecule has 1 aromatic carbocycles. The van der Waals surface area contributed by atoms with Crippen LogP contribution < -0.4 is 0 Å². The SMILES string of the molecule is C=CC1CC(=O)CC(Cc2ccccc2)N1C(=O)OC(C)(C)C. The lowest BCUT2D eigenvalue weighted by Crippen LogP contribution is -2.54. The predicted molar refractivity (Wildman–Crippen MR) is 90.2 cm³/mol. The molecule has 2 atom stereocenters. The maximum atomic E-state index is 12.6. The second-order valence-electron chi connectivity index (χ2n) is 6.98. The van der Waals surface area contributed by atoms with Gasteiger partial charge in [-0.15, -0.1) is 6.58 Å². The second kappa shape index (κ2) is 6.99. The number of carbonyl (C=O) groups excluding carboxylic acids is 2. The van der Waals surface area contributed by atoms with E-state index in [-0.39, 0.29) is 24.0 Å². The van der Waals surface area contributed by atoms with E-state index in [0.717, 1.165) is 5.56 Å². The number of amides is 1. The van der Waals surface area contributed by atoms with Crippen LogP contribution in [0.15, 0.2) is 43.0 Å². The van der Waals surface area contributed by atoms with Crippen LogP contribution in [0, 0.1) is 0 Å². The fraction of sp³-hybridized carbons (Fsp3) is 0.474. The number of benzene rings is 1. The van der Waals surface area contributed by atoms with Crippen LogP contribution in [0.5, 0.6) is 0 Å². The smallest absolute Gasteiger partial charge is 0.411 e. The van der Waals surface area contributed by atoms with Gasteiger partial charge in [0.05, 0.1) is 6.04 Å². The van der Waals surface area contributed by atoms with Crippen molar-refractivity contribution in [2.45, 2.75) is 57.7 Å². The second-order valence-corrected chi connectivity index (χ2v) is 6.98. The van der Waals surface area contributed by atoms with Crippen molar-refractivity contribution in [3.8, 4) is 0 Å². The number of nitrogens with zero attached hydrogens (tertiary/aromatic N) is 1. The standard InChI is InChI=1S/C19H25NO3/c1-5-15-12-17(21)13-16(11-14-9-7-6-8-10-14)20(15)18(22)23-19(2,3)4/h5-10,15-16H,1,11-13H2,2-4H3. The van der Waals surface area contributed by atoms with E-state index in [9.17, 15) is 9.59 Å². The third kappa shape index (κ3) is 4.68. The quantitative estimate of drug-likeness (QED) is 0.798. The highest BCUT2D eigenvalue weighted by molar-refractivity contribution is 5.83. The molecule has 0 spiro atoms. The Morgan fingerprint density at radius 3 is 2.52 bits per heavy atom. The van der Waals surface area contributed by atoms with E-state index >= 15 is 0 Å². The van der Waals surface area contributed by atoms with E-state index in [1.54, 1.807) is 11.0 Å². The van der Waals surface area contributed by atoms with Crippen LogP contribution in [-0.4, -0.2) is 34.5 Å². The van der Waals surface area contributed by atoms with Gasteiger partial charge in [-0.25, -0.2) is 4.79 Å². The molecule has 0 radical (unpaired) electrons. The van der Waals surface area contributed by atoms with Crippen LogP contribution in [0.2, 0.25) is 0 Å². The third-order valence-corrected chi connectivity index (χ3v) is 3.84. The Morgan fingerprint density at radius 1 is 1.30 bits per heavy atom. The first-order valence-corrected chi connectivity index (χ1v) is 7.99. The van der Waals surface area contributed by atoms with Crippen molar-refractivity contribution in [2.75, 3.05) is 0 Å². The zero-order valence-electron chi connectivity index (χ0n) is 14.1. The summed E-state index contributed by atoms with van der Waals surface area (Å²) in [6.45, 7) is 9.31. The van der Waals surface area contributed by atoms with E-state index in [4.69, 9.17) is 4.74 Å². The average molecular weight is 315 g/mol. The fourth-order valence-electron chi connectivity index (χ4n) is 2.90. The molecule has 1 fully saturated rings. The molecule has 0 bridgehead atoms. The van der Waals surface area contributed by atoms with Crippen LogP contribution in [0.3, 0.4) is 0 Å². The molecule has 1 aliphatic rings. The summed E-state index contributed by atoms with van der Waals surface area (Å²) in [5.41, 5.74) is 0.533. The Bertz CT molecular complexity index is 574. The van der Waals surface area contributed by atoms with Crippen molar-refractivity contribution in [3.63, 3.8) is 0 Å². The molecule has 23 heavy (non-hydrogen) atoms. The molecule has 0 saturated carbocycles. The minimum Gasteiger partial charge on any atom is -0.444 e. The summed E-state index contributed by atoms with van der Waals surface area (Å²) >= 11 is 0. The average Bonchev–Trinajstić information content (AvgIpc) is 2.45. The van der Waals surface area contributed by atoms with Crippen LogP contribution in [0.25, 0.3) is 0 Å². The minimum absolute atomic E-state index is 0.163. The molecule has 1 amide bonds. The van der Waals surface area contributed by atoms with Gasteiger partial charge in [0.1, 0.15) is 11.4 Å². The van der Waals surface area contributed by atoms with E-state index < -0.39 is 5.60 Å². The monoisotopic (exact) mass is 315 g/mol. The predicted octanol–water partition coefficient (Wildman–Crippen LogP) is 3.75. The Balaban J connectivity index is 2.24. The maximum absolute atomic E-state index is 12.6. The zero-order valence-corrected chi connectivity index (χ0v) is 14.1. The summed E-state index contributed by atoms with van der Waals surface area (Å²) in [4.78, 5) is 26.4. The number of hydrogen-bond donors (Lipinski definition) is 0. The van der Waals surface area contributed by atoms with Crippen LogP contribution in [-0.2, 0) is 16.0 Å². The Labute approximate surface area is 138 Å². The number of ether oxygens (including phenoxy) is 1. The van der Waals surface area contributed by atoms with E-state index in [0.29, 0.717) is 19.3 Å². The topological polar surface area (TPSA) is 46.6 Å². The summed E-state index contributed by atoms with van der Waals surface area (Å²) in [6, 6.07) is 9.39. The summed E-state index contributed by atoms with van der Waals surface area (Å²) in [7, 11) is 0. The molecule has 1 aromatic rings. The van der Waals surface area contributed by atoms with Crippen molar-refractivity contribution < 1.29 is 14.3 Å². The molecule has 1 saturated heterocycles. The summed E-state index contributed by atoms with van der Waals surface area (Å²) in [6.07, 6.45) is 2.59. The molecule has 1 aliphatic heterocycles. The van der Waals surface area contributed by atoms with Gasteiger partial charge in [0.15, 0.2) is 0 Å². The maximum Gasteiger partial charge on any atom is 0.411 e. The Hall–Kier alpha value is -2.10. The van der Waals surface area contributed by atoms with Crippen molar-refractivity contribution in [1.82, 2.24) is 4.90 Å². The van der Waals surface area contributed by atoms with Gasteiger partial charge in [0, 0.05) is 18.9 Å². The van der Waals surface area contributed by atoms with Crippen LogP contribution in [0.1, 0.15) is 39.2 Å². The highest BCUT2D eigenvalue weighted by atomic mass is 16.6. The number of ketones is 1. The molecule has 2 unspecified atom stereocenters. The molecule has 0 aliphatic carbocycles. The summed E-state index contributed by atoms with van der Waals surface area (Å²) < 4.78 is 5.54. The molecule has 2 rings (SSSR count). The fourth-order valence-corrected chi connectivity index (χ4v) is 2.90. The van der Waals surface area contributed by atoms with Crippen molar-refractivity contribution >= 4 is 11.9 Å². The van der Waals surface area contributed by atoms with Crippen molar-refractivity contribution in [3.05, 3.63) is 48.6 Å². The van der Waals surface area contributed by atoms with Gasteiger partial charge in [0.2, 0.25) is 0 Å². The number of carbonyl (C=O) groups is 2. The van der Waals surface area contributed by atoms with Gasteiger partial charge in [-0.05, 0) is 32.8 Å². The first-order valence-electron chi connectivity index (χ1n) is 7.99. The molecule has 1 heterocycles. The number of rotatable bonds is 3. The first-order chi connectivity index (χ1) is 10.8. The van der Waals surface area contributed by atoms with E-state index in [1.165, 1.54) is 0 Å². The van der Waals surface area contributed by atoms with Crippen LogP contribution >= 0.6 is 0 Å². The molecule has 4 nitrogen and oxygen atoms in total. The van der Waals surface area contributed by atoms with Gasteiger partial charge in [-0.3, -0.25) is 9.69 Å². The number of Topliss-reactive ketones (excluding diaryl/α,β-unsaturated/α-hetero) is 1. The van der Waals surface area contributed by atoms with Crippen molar-refractivity contribution in [1.29, 1.82) is 0 Å². The molecule has 0 aromatic heterocycles. The lowest BCUT2D eigenvalue weighted by Gasteiger charge is -2.40. The Morgan fingerprint density at radius 2 is 1.96 bits per heavy atom. The van der Waals surface area contributed by atoms with Gasteiger partial charge < -0.3 is 4.74 Å². The largest absolute Gasteiger partial charge is 0.444 e. The normalized spacial score (nSPS) is 21.9. The van der Waals surface area contributed by atoms with Gasteiger partial charge >= 0.3 is 6.09 Å². The first kappa shape index (κ1) is 17.3. The molecule has 0 N–H and O–H groups in total. The van der Waals surface area contributed by atoms with Crippen molar-refractivity contribution in [2.24, 2.45) is 0 Å². The summed E-state index contributed by atoms with van der Waals surface area (Å²) in [5, 5.41) is 0. The summed E-state index contributed by atoms with van der Waals surface area (Å²) in [5.74, 6) is 0.163. The van der Waals surface area contributed by atoms with E-state index in [1.807, 2.05) is 51.1 Å². The van der Waals surface area contributed by atoms with Gasteiger partial charge in [-0.2, -0.15) is 0 Å². The van der Waals surface area contributed by atoms with Gasteiger partial charge in [-0.1, -0.05) is 36.4 Å². The lowest BCUT2D eigenvalue weighted by atomic mass is 9.90. The Kier molecular flexibility index (Phi) is 5.24. The molecular formula is C19H25NO3. The number of likely N-dealkylation sites (tertiary alicyclic amines) is 1. The zero-order chi connectivity index (χ0) is 17.0. The number of hydrogen-bond acceptors (Lipinski definition) is 3. The molecule has 124 valence electrons. The highest BCUT2D eigenvalue weighted by Gasteiger charge is 2.38. The lowest BCUT2D eigenvalue weighted by molar-refractivity contribution is -0.124.